The van der Waals surface area contributed by atoms with Gasteiger partial charge in [0.05, 0.1) is 13.3 Å². The molecule has 1 heterocycles. The van der Waals surface area contributed by atoms with Crippen LogP contribution in [0, 0.1) is 5.82 Å². The first kappa shape index (κ1) is 21.9. The molecular formula is C22H20ClFN2O3S. The largest absolute Gasteiger partial charge is 0.491 e. The molecule has 3 rings (SSSR count). The van der Waals surface area contributed by atoms with Crippen molar-refractivity contribution < 1.29 is 13.9 Å². The third-order valence-corrected chi connectivity index (χ3v) is 5.76. The minimum Gasteiger partial charge on any atom is -0.491 e. The van der Waals surface area contributed by atoms with Crippen molar-refractivity contribution in [2.24, 2.45) is 0 Å². The molecule has 1 aromatic heterocycles. The monoisotopic (exact) mass is 446 g/mol. The van der Waals surface area contributed by atoms with Crippen molar-refractivity contribution in [2.75, 3.05) is 7.11 Å². The van der Waals surface area contributed by atoms with Gasteiger partial charge < -0.3 is 14.6 Å². The summed E-state index contributed by atoms with van der Waals surface area (Å²) in [7, 11) is 1.41. The lowest BCUT2D eigenvalue weighted by atomic mass is 10.2. The van der Waals surface area contributed by atoms with E-state index in [9.17, 15) is 14.0 Å². The highest BCUT2D eigenvalue weighted by Crippen LogP contribution is 2.23. The highest BCUT2D eigenvalue weighted by Gasteiger charge is 2.12. The second-order valence-electron chi connectivity index (χ2n) is 6.44. The molecule has 0 atom stereocenters. The van der Waals surface area contributed by atoms with Crippen LogP contribution in [0.15, 0.2) is 70.5 Å². The first-order valence-electron chi connectivity index (χ1n) is 9.12. The molecule has 0 radical (unpaired) electrons. The lowest BCUT2D eigenvalue weighted by Crippen LogP contribution is -2.29. The van der Waals surface area contributed by atoms with E-state index in [-0.39, 0.29) is 29.4 Å². The zero-order valence-corrected chi connectivity index (χ0v) is 17.8. The molecule has 156 valence electrons. The number of carbonyl (C=O) groups is 1. The summed E-state index contributed by atoms with van der Waals surface area (Å²) < 4.78 is 19.9. The third kappa shape index (κ3) is 5.87. The zero-order valence-electron chi connectivity index (χ0n) is 16.2. The number of rotatable bonds is 8. The average molecular weight is 447 g/mol. The van der Waals surface area contributed by atoms with Gasteiger partial charge in [-0.2, -0.15) is 0 Å². The Morgan fingerprint density at radius 2 is 1.93 bits per heavy atom. The summed E-state index contributed by atoms with van der Waals surface area (Å²) in [6.07, 6.45) is 1.53. The maximum Gasteiger partial charge on any atom is 0.240 e. The van der Waals surface area contributed by atoms with Gasteiger partial charge >= 0.3 is 0 Å². The number of hydrogen-bond donors (Lipinski definition) is 1. The van der Waals surface area contributed by atoms with Crippen LogP contribution in [-0.2, 0) is 23.6 Å². The second-order valence-corrected chi connectivity index (χ2v) is 7.89. The van der Waals surface area contributed by atoms with E-state index in [2.05, 4.69) is 5.32 Å². The van der Waals surface area contributed by atoms with Crippen LogP contribution in [0.3, 0.4) is 0 Å². The molecule has 2 aromatic carbocycles. The SMILES string of the molecule is COc1cn(CC(=O)NCc2ccccc2Cl)c(CSc2ccc(F)cc2)cc1=O. The van der Waals surface area contributed by atoms with Crippen LogP contribution in [-0.4, -0.2) is 17.6 Å². The van der Waals surface area contributed by atoms with Crippen LogP contribution in [0.1, 0.15) is 11.3 Å². The predicted molar refractivity (Wildman–Crippen MR) is 117 cm³/mol. The summed E-state index contributed by atoms with van der Waals surface area (Å²) in [4.78, 5) is 25.6. The number of thioether (sulfide) groups is 1. The van der Waals surface area contributed by atoms with Crippen LogP contribution < -0.4 is 15.5 Å². The van der Waals surface area contributed by atoms with Gasteiger partial charge in [0.2, 0.25) is 11.3 Å². The van der Waals surface area contributed by atoms with Crippen molar-refractivity contribution in [1.82, 2.24) is 9.88 Å². The lowest BCUT2D eigenvalue weighted by molar-refractivity contribution is -0.121. The Labute approximate surface area is 182 Å². The number of amides is 1. The maximum absolute atomic E-state index is 13.1. The number of halogens is 2. The summed E-state index contributed by atoms with van der Waals surface area (Å²) in [5, 5.41) is 3.42. The Bertz CT molecular complexity index is 1090. The van der Waals surface area contributed by atoms with Gasteiger partial charge in [-0.25, -0.2) is 4.39 Å². The molecule has 0 aliphatic carbocycles. The Morgan fingerprint density at radius 3 is 2.63 bits per heavy atom. The molecular weight excluding hydrogens is 427 g/mol. The zero-order chi connectivity index (χ0) is 21.5. The second kappa shape index (κ2) is 10.3. The van der Waals surface area contributed by atoms with Crippen molar-refractivity contribution in [3.63, 3.8) is 0 Å². The Hall–Kier alpha value is -2.77. The van der Waals surface area contributed by atoms with E-state index in [0.717, 1.165) is 10.5 Å². The molecule has 1 N–H and O–H groups in total. The fourth-order valence-electron chi connectivity index (χ4n) is 2.75. The van der Waals surface area contributed by atoms with Gasteiger partial charge in [-0.15, -0.1) is 11.8 Å². The molecule has 30 heavy (non-hydrogen) atoms. The van der Waals surface area contributed by atoms with E-state index in [1.807, 2.05) is 18.2 Å². The number of aromatic nitrogens is 1. The van der Waals surface area contributed by atoms with Gasteiger partial charge in [0, 0.05) is 34.0 Å². The summed E-state index contributed by atoms with van der Waals surface area (Å²) in [5.74, 6) is 0.0526. The molecule has 3 aromatic rings. The normalized spacial score (nSPS) is 10.6. The van der Waals surface area contributed by atoms with Gasteiger partial charge in [0.15, 0.2) is 5.75 Å². The standard InChI is InChI=1S/C22H20ClFN2O3S/c1-29-21-12-26(13-22(28)25-11-15-4-2-3-5-19(15)23)17(10-20(21)27)14-30-18-8-6-16(24)7-9-18/h2-10,12H,11,13-14H2,1H3,(H,25,28). The minimum absolute atomic E-state index is 0.0143. The first-order valence-corrected chi connectivity index (χ1v) is 10.5. The molecule has 0 fully saturated rings. The van der Waals surface area contributed by atoms with Gasteiger partial charge in [-0.3, -0.25) is 9.59 Å². The predicted octanol–water partition coefficient (Wildman–Crippen LogP) is 4.26. The molecule has 0 spiro atoms. The van der Waals surface area contributed by atoms with E-state index in [1.165, 1.54) is 43.3 Å². The smallest absolute Gasteiger partial charge is 0.240 e. The van der Waals surface area contributed by atoms with Gasteiger partial charge in [0.1, 0.15) is 12.4 Å². The fraction of sp³-hybridized carbons (Fsp3) is 0.182. The van der Waals surface area contributed by atoms with Crippen molar-refractivity contribution in [3.8, 4) is 5.75 Å². The highest BCUT2D eigenvalue weighted by atomic mass is 35.5. The van der Waals surface area contributed by atoms with E-state index in [1.54, 1.807) is 22.8 Å². The van der Waals surface area contributed by atoms with E-state index in [0.29, 0.717) is 23.0 Å². The fourth-order valence-corrected chi connectivity index (χ4v) is 3.85. The Balaban J connectivity index is 1.72. The van der Waals surface area contributed by atoms with Gasteiger partial charge in [-0.1, -0.05) is 29.8 Å². The van der Waals surface area contributed by atoms with Crippen molar-refractivity contribution in [1.29, 1.82) is 0 Å². The number of nitrogens with zero attached hydrogens (tertiary/aromatic N) is 1. The molecule has 0 saturated carbocycles. The number of pyridine rings is 1. The van der Waals surface area contributed by atoms with E-state index >= 15 is 0 Å². The number of nitrogens with one attached hydrogen (secondary N) is 1. The quantitative estimate of drug-likeness (QED) is 0.525. The minimum atomic E-state index is -0.309. The van der Waals surface area contributed by atoms with Crippen molar-refractivity contribution in [3.05, 3.63) is 93.1 Å². The lowest BCUT2D eigenvalue weighted by Gasteiger charge is -2.15. The molecule has 0 bridgehead atoms. The number of methoxy groups -OCH3 is 1. The van der Waals surface area contributed by atoms with Crippen molar-refractivity contribution >= 4 is 29.3 Å². The topological polar surface area (TPSA) is 60.3 Å². The van der Waals surface area contributed by atoms with Gasteiger partial charge in [0.25, 0.3) is 0 Å². The van der Waals surface area contributed by atoms with E-state index < -0.39 is 0 Å². The van der Waals surface area contributed by atoms with Crippen molar-refractivity contribution in [2.45, 2.75) is 23.7 Å². The van der Waals surface area contributed by atoms with Crippen LogP contribution in [0.25, 0.3) is 0 Å². The maximum atomic E-state index is 13.1. The molecule has 0 unspecified atom stereocenters. The number of ether oxygens (including phenoxy) is 1. The average Bonchev–Trinajstić information content (AvgIpc) is 2.74. The third-order valence-electron chi connectivity index (χ3n) is 4.35. The highest BCUT2D eigenvalue weighted by molar-refractivity contribution is 7.98. The summed E-state index contributed by atoms with van der Waals surface area (Å²) in [5.41, 5.74) is 1.21. The summed E-state index contributed by atoms with van der Waals surface area (Å²) in [6.45, 7) is 0.315. The van der Waals surface area contributed by atoms with E-state index in [4.69, 9.17) is 16.3 Å². The summed E-state index contributed by atoms with van der Waals surface area (Å²) in [6, 6.07) is 14.8. The Morgan fingerprint density at radius 1 is 1.20 bits per heavy atom. The molecule has 0 saturated heterocycles. The molecule has 5 nitrogen and oxygen atoms in total. The number of carbonyl (C=O) groups excluding carboxylic acids is 1. The number of hydrogen-bond acceptors (Lipinski definition) is 4. The first-order chi connectivity index (χ1) is 14.5. The van der Waals surface area contributed by atoms with Crippen LogP contribution in [0.2, 0.25) is 5.02 Å². The molecule has 8 heteroatoms. The Kier molecular flexibility index (Phi) is 7.54. The number of benzene rings is 2. The van der Waals surface area contributed by atoms with Crippen LogP contribution in [0.4, 0.5) is 4.39 Å². The molecule has 1 amide bonds. The summed E-state index contributed by atoms with van der Waals surface area (Å²) >= 11 is 7.57. The van der Waals surface area contributed by atoms with Crippen LogP contribution >= 0.6 is 23.4 Å². The molecule has 0 aliphatic heterocycles. The van der Waals surface area contributed by atoms with Crippen LogP contribution in [0.5, 0.6) is 5.75 Å². The molecule has 0 aliphatic rings. The van der Waals surface area contributed by atoms with Gasteiger partial charge in [-0.05, 0) is 35.9 Å².